The van der Waals surface area contributed by atoms with Crippen LogP contribution in [0.25, 0.3) is 32.5 Å². The molecule has 1 atom stereocenters. The van der Waals surface area contributed by atoms with Gasteiger partial charge in [-0.2, -0.15) is 0 Å². The van der Waals surface area contributed by atoms with Gasteiger partial charge in [0.05, 0.1) is 15.2 Å². The average molecular weight is 488 g/mol. The molecule has 2 heterocycles. The average Bonchev–Trinajstić information content (AvgIpc) is 3.58. The van der Waals surface area contributed by atoms with Crippen LogP contribution in [0.4, 0.5) is 0 Å². The lowest BCUT2D eigenvalue weighted by atomic mass is 9.94. The van der Waals surface area contributed by atoms with E-state index in [1.165, 1.54) is 27.8 Å². The van der Waals surface area contributed by atoms with Gasteiger partial charge in [0.15, 0.2) is 0 Å². The number of nitrogens with one attached hydrogen (secondary N) is 2. The van der Waals surface area contributed by atoms with Crippen LogP contribution in [0.2, 0.25) is 5.02 Å². The van der Waals surface area contributed by atoms with Crippen molar-refractivity contribution in [2.75, 3.05) is 6.54 Å². The SMILES string of the molecule is O=C1CCC(CNCc2nc3cc(-c4cccc(-c5cccc6c5CCC6)c4Cl)ccc3s2)N1. The summed E-state index contributed by atoms with van der Waals surface area (Å²) in [6.45, 7) is 1.48. The second-order valence-corrected chi connectivity index (χ2v) is 10.7. The standard InChI is InChI=1S/C28H26ClN3OS/c29-28-21(7-3-9-23(28)22-8-2-5-17-4-1-6-20(17)22)18-10-12-25-24(14-18)32-27(34-25)16-30-15-19-11-13-26(33)31-19/h2-3,5,7-10,12,14,19,30H,1,4,6,11,13,15-16H2,(H,31,33). The Labute approximate surface area is 208 Å². The van der Waals surface area contributed by atoms with Crippen LogP contribution >= 0.6 is 22.9 Å². The second-order valence-electron chi connectivity index (χ2n) is 9.19. The predicted molar refractivity (Wildman–Crippen MR) is 140 cm³/mol. The van der Waals surface area contributed by atoms with E-state index in [-0.39, 0.29) is 11.9 Å². The number of hydrogen-bond acceptors (Lipinski definition) is 4. The van der Waals surface area contributed by atoms with Gasteiger partial charge in [-0.3, -0.25) is 4.79 Å². The van der Waals surface area contributed by atoms with E-state index < -0.39 is 0 Å². The smallest absolute Gasteiger partial charge is 0.220 e. The summed E-state index contributed by atoms with van der Waals surface area (Å²) < 4.78 is 1.17. The number of hydrogen-bond donors (Lipinski definition) is 2. The number of aryl methyl sites for hydroxylation is 1. The zero-order chi connectivity index (χ0) is 23.1. The molecule has 4 nitrogen and oxygen atoms in total. The van der Waals surface area contributed by atoms with Gasteiger partial charge in [0.2, 0.25) is 5.91 Å². The molecule has 1 aliphatic heterocycles. The molecular weight excluding hydrogens is 462 g/mol. The van der Waals surface area contributed by atoms with Crippen LogP contribution < -0.4 is 10.6 Å². The van der Waals surface area contributed by atoms with E-state index in [9.17, 15) is 4.79 Å². The molecule has 0 spiro atoms. The molecular formula is C28H26ClN3OS. The third kappa shape index (κ3) is 4.13. The van der Waals surface area contributed by atoms with Crippen molar-refractivity contribution in [3.8, 4) is 22.3 Å². The minimum Gasteiger partial charge on any atom is -0.352 e. The summed E-state index contributed by atoms with van der Waals surface area (Å²) >= 11 is 8.73. The normalized spacial score (nSPS) is 17.3. The summed E-state index contributed by atoms with van der Waals surface area (Å²) in [5.74, 6) is 0.152. The number of fused-ring (bicyclic) bond motifs is 2. The molecule has 1 aromatic heterocycles. The van der Waals surface area contributed by atoms with Crippen molar-refractivity contribution in [3.05, 3.63) is 75.8 Å². The van der Waals surface area contributed by atoms with E-state index in [2.05, 4.69) is 65.2 Å². The van der Waals surface area contributed by atoms with Gasteiger partial charge in [-0.25, -0.2) is 4.98 Å². The Kier molecular flexibility index (Phi) is 5.85. The largest absolute Gasteiger partial charge is 0.352 e. The summed E-state index contributed by atoms with van der Waals surface area (Å²) in [6.07, 6.45) is 5.04. The van der Waals surface area contributed by atoms with Crippen molar-refractivity contribution in [3.63, 3.8) is 0 Å². The number of nitrogens with zero attached hydrogens (tertiary/aromatic N) is 1. The number of benzene rings is 3. The minimum atomic E-state index is 0.152. The maximum atomic E-state index is 11.4. The molecule has 0 radical (unpaired) electrons. The first-order chi connectivity index (χ1) is 16.7. The molecule has 1 amide bonds. The second kappa shape index (κ2) is 9.14. The Morgan fingerprint density at radius 1 is 1.03 bits per heavy atom. The zero-order valence-electron chi connectivity index (χ0n) is 18.9. The predicted octanol–water partition coefficient (Wildman–Crippen LogP) is 6.14. The van der Waals surface area contributed by atoms with Gasteiger partial charge >= 0.3 is 0 Å². The molecule has 0 bridgehead atoms. The van der Waals surface area contributed by atoms with Crippen LogP contribution in [-0.2, 0) is 24.2 Å². The Morgan fingerprint density at radius 3 is 2.76 bits per heavy atom. The molecule has 1 fully saturated rings. The van der Waals surface area contributed by atoms with E-state index in [0.29, 0.717) is 13.0 Å². The first-order valence-corrected chi connectivity index (χ1v) is 13.1. The van der Waals surface area contributed by atoms with E-state index in [0.717, 1.165) is 58.0 Å². The number of carbonyl (C=O) groups excluding carboxylic acids is 1. The number of thiazole rings is 1. The molecule has 1 unspecified atom stereocenters. The van der Waals surface area contributed by atoms with Crippen LogP contribution in [0.15, 0.2) is 54.6 Å². The van der Waals surface area contributed by atoms with Gasteiger partial charge in [0.25, 0.3) is 0 Å². The third-order valence-electron chi connectivity index (χ3n) is 6.93. The molecule has 1 aliphatic carbocycles. The van der Waals surface area contributed by atoms with E-state index in [4.69, 9.17) is 16.6 Å². The molecule has 6 rings (SSSR count). The summed E-state index contributed by atoms with van der Waals surface area (Å²) in [5, 5.41) is 8.29. The van der Waals surface area contributed by atoms with Gasteiger partial charge < -0.3 is 10.6 Å². The van der Waals surface area contributed by atoms with Crippen molar-refractivity contribution >= 4 is 39.1 Å². The van der Waals surface area contributed by atoms with E-state index in [1.807, 2.05) is 0 Å². The molecule has 3 aromatic carbocycles. The summed E-state index contributed by atoms with van der Waals surface area (Å²) in [6, 6.07) is 19.6. The molecule has 172 valence electrons. The first kappa shape index (κ1) is 21.8. The maximum absolute atomic E-state index is 11.4. The molecule has 2 N–H and O–H groups in total. The first-order valence-electron chi connectivity index (χ1n) is 12.0. The van der Waals surface area contributed by atoms with Gasteiger partial charge in [-0.15, -0.1) is 11.3 Å². The number of amides is 1. The van der Waals surface area contributed by atoms with Gasteiger partial charge in [-0.05, 0) is 60.1 Å². The fourth-order valence-corrected chi connectivity index (χ4v) is 6.49. The van der Waals surface area contributed by atoms with Crippen molar-refractivity contribution in [2.24, 2.45) is 0 Å². The fraction of sp³-hybridized carbons (Fsp3) is 0.286. The van der Waals surface area contributed by atoms with Crippen LogP contribution in [0.3, 0.4) is 0 Å². The van der Waals surface area contributed by atoms with Gasteiger partial charge in [0.1, 0.15) is 5.01 Å². The highest BCUT2D eigenvalue weighted by Gasteiger charge is 2.20. The molecule has 34 heavy (non-hydrogen) atoms. The van der Waals surface area contributed by atoms with Crippen molar-refractivity contribution in [1.29, 1.82) is 0 Å². The third-order valence-corrected chi connectivity index (χ3v) is 8.37. The fourth-order valence-electron chi connectivity index (χ4n) is 5.24. The van der Waals surface area contributed by atoms with E-state index >= 15 is 0 Å². The minimum absolute atomic E-state index is 0.152. The van der Waals surface area contributed by atoms with Crippen LogP contribution in [0, 0.1) is 0 Å². The lowest BCUT2D eigenvalue weighted by molar-refractivity contribution is -0.119. The molecule has 6 heteroatoms. The van der Waals surface area contributed by atoms with Gasteiger partial charge in [-0.1, -0.05) is 54.1 Å². The molecule has 1 saturated heterocycles. The lowest BCUT2D eigenvalue weighted by Crippen LogP contribution is -2.35. The number of halogens is 1. The van der Waals surface area contributed by atoms with Crippen molar-refractivity contribution in [1.82, 2.24) is 15.6 Å². The number of rotatable bonds is 6. The molecule has 4 aromatic rings. The highest BCUT2D eigenvalue weighted by Crippen LogP contribution is 2.41. The lowest BCUT2D eigenvalue weighted by Gasteiger charge is -2.13. The van der Waals surface area contributed by atoms with E-state index in [1.54, 1.807) is 11.3 Å². The highest BCUT2D eigenvalue weighted by atomic mass is 35.5. The van der Waals surface area contributed by atoms with Crippen LogP contribution in [0.1, 0.15) is 35.4 Å². The Bertz CT molecular complexity index is 1400. The topological polar surface area (TPSA) is 54.0 Å². The Balaban J connectivity index is 1.25. The summed E-state index contributed by atoms with van der Waals surface area (Å²) in [5.41, 5.74) is 8.41. The quantitative estimate of drug-likeness (QED) is 0.343. The zero-order valence-corrected chi connectivity index (χ0v) is 20.4. The maximum Gasteiger partial charge on any atom is 0.220 e. The van der Waals surface area contributed by atoms with Crippen LogP contribution in [-0.4, -0.2) is 23.5 Å². The number of aromatic nitrogens is 1. The molecule has 0 saturated carbocycles. The van der Waals surface area contributed by atoms with Crippen molar-refractivity contribution < 1.29 is 4.79 Å². The Morgan fingerprint density at radius 2 is 1.88 bits per heavy atom. The summed E-state index contributed by atoms with van der Waals surface area (Å²) in [7, 11) is 0. The Hall–Kier alpha value is -2.73. The molecule has 2 aliphatic rings. The summed E-state index contributed by atoms with van der Waals surface area (Å²) in [4.78, 5) is 16.2. The highest BCUT2D eigenvalue weighted by molar-refractivity contribution is 7.18. The van der Waals surface area contributed by atoms with Crippen LogP contribution in [0.5, 0.6) is 0 Å². The monoisotopic (exact) mass is 487 g/mol. The van der Waals surface area contributed by atoms with Gasteiger partial charge in [0, 0.05) is 36.7 Å². The van der Waals surface area contributed by atoms with Crippen molar-refractivity contribution in [2.45, 2.75) is 44.7 Å². The number of carbonyl (C=O) groups is 1.